The summed E-state index contributed by atoms with van der Waals surface area (Å²) in [6, 6.07) is 8.14. The zero-order valence-electron chi connectivity index (χ0n) is 11.4. The van der Waals surface area contributed by atoms with Gasteiger partial charge in [-0.05, 0) is 30.2 Å². The number of rotatable bonds is 4. The van der Waals surface area contributed by atoms with E-state index in [1.807, 2.05) is 36.4 Å². The van der Waals surface area contributed by atoms with Crippen LogP contribution in [0.2, 0.25) is 0 Å². The molecule has 0 aromatic heterocycles. The Morgan fingerprint density at radius 1 is 1.25 bits per heavy atom. The highest BCUT2D eigenvalue weighted by atomic mass is 16.4. The summed E-state index contributed by atoms with van der Waals surface area (Å²) in [4.78, 5) is 14.9. The Morgan fingerprint density at radius 3 is 2.75 bits per heavy atom. The van der Waals surface area contributed by atoms with E-state index >= 15 is 0 Å². The normalized spacial score (nSPS) is 17.9. The number of carboxylic acid groups (broad SMARTS) is 1. The van der Waals surface area contributed by atoms with Gasteiger partial charge in [0.25, 0.3) is 0 Å². The summed E-state index contributed by atoms with van der Waals surface area (Å²) < 4.78 is 0. The zero-order chi connectivity index (χ0) is 14.4. The first-order valence-electron chi connectivity index (χ1n) is 6.55. The molecule has 1 N–H and O–H groups in total. The molecule has 0 heterocycles. The molecule has 0 aliphatic heterocycles. The summed E-state index contributed by atoms with van der Waals surface area (Å²) in [5.74, 6) is -0.825. The van der Waals surface area contributed by atoms with Gasteiger partial charge in [-0.15, -0.1) is 0 Å². The number of aliphatic carboxylic acids is 1. The maximum absolute atomic E-state index is 10.5. The summed E-state index contributed by atoms with van der Waals surface area (Å²) in [6.07, 6.45) is 9.90. The van der Waals surface area contributed by atoms with E-state index in [1.54, 1.807) is 0 Å². The predicted molar refractivity (Wildman–Crippen MR) is 82.0 cm³/mol. The van der Waals surface area contributed by atoms with Gasteiger partial charge in [0.15, 0.2) is 0 Å². The predicted octanol–water partition coefficient (Wildman–Crippen LogP) is 3.42. The van der Waals surface area contributed by atoms with E-state index in [2.05, 4.69) is 30.1 Å². The second kappa shape index (κ2) is 6.66. The molecular weight excluding hydrogens is 250 g/mol. The van der Waals surface area contributed by atoms with Crippen LogP contribution in [0.5, 0.6) is 0 Å². The second-order valence-electron chi connectivity index (χ2n) is 4.59. The fraction of sp³-hybridized carbons (Fsp3) is 0.176. The topological polar surface area (TPSA) is 49.7 Å². The maximum atomic E-state index is 10.5. The van der Waals surface area contributed by atoms with E-state index in [9.17, 15) is 4.79 Å². The Hall–Kier alpha value is -2.42. The van der Waals surface area contributed by atoms with Crippen molar-refractivity contribution in [2.24, 2.45) is 4.99 Å². The van der Waals surface area contributed by atoms with Gasteiger partial charge in [-0.1, -0.05) is 42.5 Å². The molecule has 1 aliphatic rings. The third-order valence-corrected chi connectivity index (χ3v) is 3.04. The van der Waals surface area contributed by atoms with Crippen LogP contribution in [0.15, 0.2) is 59.1 Å². The molecule has 0 amide bonds. The lowest BCUT2D eigenvalue weighted by atomic mass is 10.00. The molecule has 1 aromatic rings. The van der Waals surface area contributed by atoms with E-state index < -0.39 is 5.97 Å². The molecule has 0 saturated carbocycles. The van der Waals surface area contributed by atoms with Crippen LogP contribution in [0.1, 0.15) is 17.5 Å². The molecule has 102 valence electrons. The van der Waals surface area contributed by atoms with Crippen LogP contribution >= 0.6 is 0 Å². The van der Waals surface area contributed by atoms with Gasteiger partial charge in [0, 0.05) is 5.57 Å². The zero-order valence-corrected chi connectivity index (χ0v) is 11.4. The van der Waals surface area contributed by atoms with E-state index in [0.29, 0.717) is 6.54 Å². The fourth-order valence-electron chi connectivity index (χ4n) is 1.94. The third kappa shape index (κ3) is 3.79. The third-order valence-electron chi connectivity index (χ3n) is 3.04. The van der Waals surface area contributed by atoms with Crippen molar-refractivity contribution in [3.8, 4) is 0 Å². The lowest BCUT2D eigenvalue weighted by Crippen LogP contribution is -2.04. The number of nitrogens with zero attached hydrogens (tertiary/aromatic N) is 1. The SMILES string of the molecule is Cc1ccccc1/C=C1/C=CC=C/C1=N\CCC(=O)O. The van der Waals surface area contributed by atoms with E-state index in [0.717, 1.165) is 16.8 Å². The molecule has 3 nitrogen and oxygen atoms in total. The van der Waals surface area contributed by atoms with Gasteiger partial charge in [-0.2, -0.15) is 0 Å². The monoisotopic (exact) mass is 267 g/mol. The van der Waals surface area contributed by atoms with Crippen LogP contribution in [-0.2, 0) is 4.79 Å². The number of allylic oxidation sites excluding steroid dienone is 5. The summed E-state index contributed by atoms with van der Waals surface area (Å²) in [6.45, 7) is 2.37. The van der Waals surface area contributed by atoms with Crippen molar-refractivity contribution in [2.75, 3.05) is 6.54 Å². The number of carboxylic acids is 1. The van der Waals surface area contributed by atoms with Gasteiger partial charge in [-0.25, -0.2) is 0 Å². The highest BCUT2D eigenvalue weighted by Crippen LogP contribution is 2.16. The van der Waals surface area contributed by atoms with E-state index in [1.165, 1.54) is 5.56 Å². The molecule has 0 spiro atoms. The summed E-state index contributed by atoms with van der Waals surface area (Å²) in [7, 11) is 0. The van der Waals surface area contributed by atoms with Crippen molar-refractivity contribution in [1.29, 1.82) is 0 Å². The minimum Gasteiger partial charge on any atom is -0.481 e. The van der Waals surface area contributed by atoms with E-state index in [4.69, 9.17) is 5.11 Å². The molecule has 3 heteroatoms. The first kappa shape index (κ1) is 14.0. The fourth-order valence-corrected chi connectivity index (χ4v) is 1.94. The minimum absolute atomic E-state index is 0.0543. The quantitative estimate of drug-likeness (QED) is 0.908. The van der Waals surface area contributed by atoms with Crippen LogP contribution in [0.4, 0.5) is 0 Å². The molecule has 0 fully saturated rings. The van der Waals surface area contributed by atoms with Crippen molar-refractivity contribution in [3.63, 3.8) is 0 Å². The maximum Gasteiger partial charge on any atom is 0.305 e. The molecule has 0 unspecified atom stereocenters. The smallest absolute Gasteiger partial charge is 0.305 e. The van der Waals surface area contributed by atoms with Crippen molar-refractivity contribution in [3.05, 3.63) is 65.3 Å². The Morgan fingerprint density at radius 2 is 2.00 bits per heavy atom. The van der Waals surface area contributed by atoms with Crippen molar-refractivity contribution < 1.29 is 9.90 Å². The van der Waals surface area contributed by atoms with Crippen LogP contribution in [0.25, 0.3) is 6.08 Å². The van der Waals surface area contributed by atoms with Crippen molar-refractivity contribution in [1.82, 2.24) is 0 Å². The number of aryl methyl sites for hydroxylation is 1. The standard InChI is InChI=1S/C17H17NO2/c1-13-6-2-3-7-14(13)12-15-8-4-5-9-16(15)18-11-10-17(19)20/h2-9,12H,10-11H2,1H3,(H,19,20)/b15-12-,18-16+. The van der Waals surface area contributed by atoms with E-state index in [-0.39, 0.29) is 6.42 Å². The van der Waals surface area contributed by atoms with Crippen molar-refractivity contribution in [2.45, 2.75) is 13.3 Å². The largest absolute Gasteiger partial charge is 0.481 e. The van der Waals surface area contributed by atoms with Crippen LogP contribution in [0, 0.1) is 6.92 Å². The molecule has 2 rings (SSSR count). The van der Waals surface area contributed by atoms with Gasteiger partial charge in [0.2, 0.25) is 0 Å². The van der Waals surface area contributed by atoms with Gasteiger partial charge >= 0.3 is 5.97 Å². The average molecular weight is 267 g/mol. The lowest BCUT2D eigenvalue weighted by molar-refractivity contribution is -0.136. The molecule has 1 aliphatic carbocycles. The summed E-state index contributed by atoms with van der Waals surface area (Å²) >= 11 is 0. The summed E-state index contributed by atoms with van der Waals surface area (Å²) in [5.41, 5.74) is 4.19. The second-order valence-corrected chi connectivity index (χ2v) is 4.59. The Bertz CT molecular complexity index is 622. The molecule has 1 aromatic carbocycles. The molecule has 0 bridgehead atoms. The van der Waals surface area contributed by atoms with Crippen molar-refractivity contribution >= 4 is 17.8 Å². The Kier molecular flexibility index (Phi) is 4.66. The number of hydrogen-bond donors (Lipinski definition) is 1. The Balaban J connectivity index is 2.24. The number of carbonyl (C=O) groups is 1. The molecule has 0 saturated heterocycles. The molecule has 0 radical (unpaired) electrons. The van der Waals surface area contributed by atoms with Gasteiger partial charge < -0.3 is 5.11 Å². The average Bonchev–Trinajstić information content (AvgIpc) is 2.43. The highest BCUT2D eigenvalue weighted by molar-refractivity contribution is 6.14. The number of aliphatic imine (C=N–C) groups is 1. The highest BCUT2D eigenvalue weighted by Gasteiger charge is 2.05. The van der Waals surface area contributed by atoms with Crippen LogP contribution in [-0.4, -0.2) is 23.3 Å². The Labute approximate surface area is 118 Å². The number of benzene rings is 1. The molecule has 0 atom stereocenters. The first-order valence-corrected chi connectivity index (χ1v) is 6.55. The van der Waals surface area contributed by atoms with Gasteiger partial charge in [-0.3, -0.25) is 9.79 Å². The summed E-state index contributed by atoms with van der Waals surface area (Å²) in [5, 5.41) is 8.66. The van der Waals surface area contributed by atoms with Crippen LogP contribution < -0.4 is 0 Å². The molecular formula is C17H17NO2. The first-order chi connectivity index (χ1) is 9.66. The minimum atomic E-state index is -0.825. The lowest BCUT2D eigenvalue weighted by Gasteiger charge is -2.08. The van der Waals surface area contributed by atoms with Crippen LogP contribution in [0.3, 0.4) is 0 Å². The molecule has 20 heavy (non-hydrogen) atoms. The van der Waals surface area contributed by atoms with Gasteiger partial charge in [0.1, 0.15) is 0 Å². The number of hydrogen-bond acceptors (Lipinski definition) is 2. The van der Waals surface area contributed by atoms with Gasteiger partial charge in [0.05, 0.1) is 18.7 Å².